The molecule has 0 atom stereocenters. The summed E-state index contributed by atoms with van der Waals surface area (Å²) in [5.41, 5.74) is 1.04. The first-order valence-corrected chi connectivity index (χ1v) is 5.41. The van der Waals surface area contributed by atoms with E-state index < -0.39 is 0 Å². The summed E-state index contributed by atoms with van der Waals surface area (Å²) in [5, 5.41) is 3.10. The monoisotopic (exact) mass is 218 g/mol. The van der Waals surface area contributed by atoms with Crippen LogP contribution in [0.4, 0.5) is 0 Å². The number of fused-ring (bicyclic) bond motifs is 1. The largest absolute Gasteiger partial charge is 0.315 e. The van der Waals surface area contributed by atoms with Gasteiger partial charge >= 0.3 is 0 Å². The van der Waals surface area contributed by atoms with Crippen LogP contribution in [-0.4, -0.2) is 36.3 Å². The van der Waals surface area contributed by atoms with Crippen LogP contribution in [-0.2, 0) is 0 Å². The molecule has 4 heteroatoms. The number of hydrogen-bond acceptors (Lipinski definition) is 3. The highest BCUT2D eigenvalue weighted by molar-refractivity contribution is 6.21. The molecule has 0 saturated carbocycles. The molecule has 0 saturated heterocycles. The second-order valence-corrected chi connectivity index (χ2v) is 3.66. The van der Waals surface area contributed by atoms with Crippen LogP contribution in [0.25, 0.3) is 0 Å². The maximum atomic E-state index is 11.9. The number of benzene rings is 1. The first-order chi connectivity index (χ1) is 7.75. The Hall–Kier alpha value is -1.68. The van der Waals surface area contributed by atoms with E-state index in [1.54, 1.807) is 24.3 Å². The van der Waals surface area contributed by atoms with Crippen molar-refractivity contribution >= 4 is 11.8 Å². The van der Waals surface area contributed by atoms with Crippen molar-refractivity contribution in [2.75, 3.05) is 19.6 Å². The standard InChI is InChI=1S/C12H14N2O2/c1-2-13-7-8-14-11(15)9-5-3-4-6-10(9)12(14)16/h3-6,13H,2,7-8H2,1H3. The SMILES string of the molecule is CCNCCN1C(=O)c2ccccc2C1=O. The Labute approximate surface area is 94.2 Å². The first-order valence-electron chi connectivity index (χ1n) is 5.41. The Morgan fingerprint density at radius 1 is 1.12 bits per heavy atom. The molecule has 0 radical (unpaired) electrons. The summed E-state index contributed by atoms with van der Waals surface area (Å²) < 4.78 is 0. The fourth-order valence-corrected chi connectivity index (χ4v) is 1.81. The van der Waals surface area contributed by atoms with Gasteiger partial charge in [0.1, 0.15) is 0 Å². The molecule has 0 aliphatic carbocycles. The van der Waals surface area contributed by atoms with Crippen molar-refractivity contribution in [3.8, 4) is 0 Å². The molecule has 1 aliphatic rings. The van der Waals surface area contributed by atoms with Gasteiger partial charge in [-0.05, 0) is 18.7 Å². The molecule has 0 aromatic heterocycles. The molecule has 0 unspecified atom stereocenters. The number of imide groups is 1. The summed E-state index contributed by atoms with van der Waals surface area (Å²) >= 11 is 0. The Morgan fingerprint density at radius 3 is 2.19 bits per heavy atom. The van der Waals surface area contributed by atoms with Crippen LogP contribution >= 0.6 is 0 Å². The minimum Gasteiger partial charge on any atom is -0.315 e. The third kappa shape index (κ3) is 1.72. The van der Waals surface area contributed by atoms with E-state index in [9.17, 15) is 9.59 Å². The number of carbonyl (C=O) groups excluding carboxylic acids is 2. The third-order valence-electron chi connectivity index (χ3n) is 2.64. The van der Waals surface area contributed by atoms with E-state index in [-0.39, 0.29) is 11.8 Å². The Morgan fingerprint density at radius 2 is 1.69 bits per heavy atom. The number of carbonyl (C=O) groups is 2. The quantitative estimate of drug-likeness (QED) is 0.603. The van der Waals surface area contributed by atoms with Gasteiger partial charge in [0.05, 0.1) is 11.1 Å². The minimum atomic E-state index is -0.182. The zero-order valence-corrected chi connectivity index (χ0v) is 9.19. The number of nitrogens with one attached hydrogen (secondary N) is 1. The zero-order valence-electron chi connectivity index (χ0n) is 9.19. The number of nitrogens with zero attached hydrogens (tertiary/aromatic N) is 1. The van der Waals surface area contributed by atoms with Crippen molar-refractivity contribution in [2.45, 2.75) is 6.92 Å². The van der Waals surface area contributed by atoms with Gasteiger partial charge in [-0.1, -0.05) is 19.1 Å². The van der Waals surface area contributed by atoms with Crippen molar-refractivity contribution in [1.29, 1.82) is 0 Å². The molecule has 0 bridgehead atoms. The van der Waals surface area contributed by atoms with Crippen LogP contribution in [0.5, 0.6) is 0 Å². The fraction of sp³-hybridized carbons (Fsp3) is 0.333. The lowest BCUT2D eigenvalue weighted by Crippen LogP contribution is -2.36. The Bertz CT molecular complexity index is 394. The van der Waals surface area contributed by atoms with Gasteiger partial charge in [-0.25, -0.2) is 0 Å². The smallest absolute Gasteiger partial charge is 0.261 e. The lowest BCUT2D eigenvalue weighted by atomic mass is 10.1. The summed E-state index contributed by atoms with van der Waals surface area (Å²) in [4.78, 5) is 25.1. The molecule has 84 valence electrons. The normalized spacial score (nSPS) is 14.4. The van der Waals surface area contributed by atoms with Gasteiger partial charge in [0, 0.05) is 13.1 Å². The minimum absolute atomic E-state index is 0.182. The average molecular weight is 218 g/mol. The van der Waals surface area contributed by atoms with Crippen LogP contribution in [0.15, 0.2) is 24.3 Å². The van der Waals surface area contributed by atoms with Crippen molar-refractivity contribution in [2.24, 2.45) is 0 Å². The predicted molar refractivity (Wildman–Crippen MR) is 60.4 cm³/mol. The van der Waals surface area contributed by atoms with Gasteiger partial charge in [-0.15, -0.1) is 0 Å². The Kier molecular flexibility index (Phi) is 3.01. The molecule has 1 aromatic rings. The molecular weight excluding hydrogens is 204 g/mol. The van der Waals surface area contributed by atoms with E-state index in [0.717, 1.165) is 6.54 Å². The molecule has 1 heterocycles. The fourth-order valence-electron chi connectivity index (χ4n) is 1.81. The lowest BCUT2D eigenvalue weighted by molar-refractivity contribution is 0.0656. The topological polar surface area (TPSA) is 49.4 Å². The van der Waals surface area contributed by atoms with E-state index in [1.165, 1.54) is 4.90 Å². The molecule has 16 heavy (non-hydrogen) atoms. The van der Waals surface area contributed by atoms with Gasteiger partial charge in [0.25, 0.3) is 11.8 Å². The summed E-state index contributed by atoms with van der Waals surface area (Å²) in [6.45, 7) is 3.90. The van der Waals surface area contributed by atoms with Gasteiger partial charge in [-0.3, -0.25) is 14.5 Å². The van der Waals surface area contributed by atoms with Crippen LogP contribution in [0, 0.1) is 0 Å². The molecule has 2 rings (SSSR count). The highest BCUT2D eigenvalue weighted by Crippen LogP contribution is 2.21. The van der Waals surface area contributed by atoms with Gasteiger partial charge in [0.2, 0.25) is 0 Å². The maximum Gasteiger partial charge on any atom is 0.261 e. The van der Waals surface area contributed by atoms with Crippen molar-refractivity contribution in [3.05, 3.63) is 35.4 Å². The number of hydrogen-bond donors (Lipinski definition) is 1. The van der Waals surface area contributed by atoms with Crippen molar-refractivity contribution < 1.29 is 9.59 Å². The summed E-state index contributed by atoms with van der Waals surface area (Å²) in [6.07, 6.45) is 0. The molecule has 0 fully saturated rings. The van der Waals surface area contributed by atoms with Crippen LogP contribution in [0.1, 0.15) is 27.6 Å². The second kappa shape index (κ2) is 4.45. The van der Waals surface area contributed by atoms with Gasteiger partial charge < -0.3 is 5.32 Å². The highest BCUT2D eigenvalue weighted by atomic mass is 16.2. The molecule has 1 N–H and O–H groups in total. The summed E-state index contributed by atoms with van der Waals surface area (Å²) in [7, 11) is 0. The second-order valence-electron chi connectivity index (χ2n) is 3.66. The summed E-state index contributed by atoms with van der Waals surface area (Å²) in [5.74, 6) is -0.364. The molecule has 1 aromatic carbocycles. The molecular formula is C12H14N2O2. The summed E-state index contributed by atoms with van der Waals surface area (Å²) in [6, 6.07) is 6.95. The molecule has 1 aliphatic heterocycles. The average Bonchev–Trinajstić information content (AvgIpc) is 2.55. The predicted octanol–water partition coefficient (Wildman–Crippen LogP) is 0.892. The molecule has 0 spiro atoms. The zero-order chi connectivity index (χ0) is 11.5. The highest BCUT2D eigenvalue weighted by Gasteiger charge is 2.34. The molecule has 2 amide bonds. The lowest BCUT2D eigenvalue weighted by Gasteiger charge is -2.13. The van der Waals surface area contributed by atoms with Crippen LogP contribution in [0.2, 0.25) is 0 Å². The Balaban J connectivity index is 2.15. The number of amides is 2. The van der Waals surface area contributed by atoms with E-state index in [1.807, 2.05) is 6.92 Å². The van der Waals surface area contributed by atoms with Gasteiger partial charge in [0.15, 0.2) is 0 Å². The van der Waals surface area contributed by atoms with E-state index >= 15 is 0 Å². The van der Waals surface area contributed by atoms with Crippen LogP contribution < -0.4 is 5.32 Å². The molecule has 4 nitrogen and oxygen atoms in total. The van der Waals surface area contributed by atoms with Crippen molar-refractivity contribution in [3.63, 3.8) is 0 Å². The number of rotatable bonds is 4. The van der Waals surface area contributed by atoms with Crippen LogP contribution in [0.3, 0.4) is 0 Å². The van der Waals surface area contributed by atoms with E-state index in [4.69, 9.17) is 0 Å². The van der Waals surface area contributed by atoms with E-state index in [0.29, 0.717) is 24.2 Å². The number of likely N-dealkylation sites (N-methyl/N-ethyl adjacent to an activating group) is 1. The first kappa shape index (κ1) is 10.8. The van der Waals surface area contributed by atoms with Gasteiger partial charge in [-0.2, -0.15) is 0 Å². The third-order valence-corrected chi connectivity index (χ3v) is 2.64. The van der Waals surface area contributed by atoms with Crippen molar-refractivity contribution in [1.82, 2.24) is 10.2 Å². The van der Waals surface area contributed by atoms with E-state index in [2.05, 4.69) is 5.32 Å². The maximum absolute atomic E-state index is 11.9.